The normalized spacial score (nSPS) is 19.9. The number of carbonyl (C=O) groups excluding carboxylic acids is 3. The van der Waals surface area contributed by atoms with Crippen LogP contribution in [0.25, 0.3) is 6.08 Å². The zero-order valence-electron chi connectivity index (χ0n) is 25.0. The van der Waals surface area contributed by atoms with E-state index in [1.54, 1.807) is 48.5 Å². The Hall–Kier alpha value is -5.69. The van der Waals surface area contributed by atoms with E-state index in [9.17, 15) is 32.9 Å². The Kier molecular flexibility index (Phi) is 7.93. The molecule has 0 unspecified atom stereocenters. The van der Waals surface area contributed by atoms with E-state index >= 15 is 0 Å². The fourth-order valence-electron chi connectivity index (χ4n) is 5.66. The molecule has 1 amide bonds. The summed E-state index contributed by atoms with van der Waals surface area (Å²) >= 11 is 0. The molecule has 6 rings (SSSR count). The number of sulfone groups is 1. The van der Waals surface area contributed by atoms with Gasteiger partial charge in [0, 0.05) is 18.3 Å². The molecule has 3 heterocycles. The van der Waals surface area contributed by atoms with Crippen molar-refractivity contribution >= 4 is 39.4 Å². The van der Waals surface area contributed by atoms with Gasteiger partial charge >= 0.3 is 11.9 Å². The lowest BCUT2D eigenvalue weighted by Gasteiger charge is -2.38. The zero-order chi connectivity index (χ0) is 33.5. The van der Waals surface area contributed by atoms with Crippen LogP contribution >= 0.6 is 0 Å². The van der Waals surface area contributed by atoms with E-state index in [-0.39, 0.29) is 28.3 Å². The molecule has 0 N–H and O–H groups in total. The van der Waals surface area contributed by atoms with E-state index in [1.165, 1.54) is 62.5 Å². The van der Waals surface area contributed by atoms with Crippen molar-refractivity contribution in [2.24, 2.45) is 0 Å². The summed E-state index contributed by atoms with van der Waals surface area (Å²) in [6.45, 7) is 2.81. The first kappa shape index (κ1) is 31.3. The second kappa shape index (κ2) is 11.9. The number of β-lactam (4-membered cyclic amide) rings is 1. The van der Waals surface area contributed by atoms with E-state index in [2.05, 4.69) is 4.98 Å². The third kappa shape index (κ3) is 5.54. The molecule has 2 fully saturated rings. The summed E-state index contributed by atoms with van der Waals surface area (Å²) in [4.78, 5) is 55.3. The monoisotopic (exact) mass is 653 g/mol. The quantitative estimate of drug-likeness (QED) is 0.0652. The van der Waals surface area contributed by atoms with Crippen molar-refractivity contribution in [3.05, 3.63) is 141 Å². The SMILES string of the molecule is CC1(C)[C@H](C(=O)OC(c2ccccc2)c2ccccc2)N2C(=O)C(=Cc3ccc(C(=O)Oc4ccc([N+](=O)[O-])cc4)cn3)[C@H]2S1(=O)=O. The van der Waals surface area contributed by atoms with E-state index in [0.29, 0.717) is 11.1 Å². The van der Waals surface area contributed by atoms with E-state index < -0.39 is 54.9 Å². The molecule has 0 spiro atoms. The number of esters is 2. The topological polar surface area (TPSA) is 163 Å². The average molecular weight is 654 g/mol. The summed E-state index contributed by atoms with van der Waals surface area (Å²) in [5.74, 6) is -2.18. The highest BCUT2D eigenvalue weighted by atomic mass is 32.2. The van der Waals surface area contributed by atoms with E-state index in [4.69, 9.17) is 9.47 Å². The van der Waals surface area contributed by atoms with Crippen LogP contribution in [0.15, 0.2) is 109 Å². The number of non-ortho nitro benzene ring substituents is 1. The number of amides is 1. The van der Waals surface area contributed by atoms with Crippen LogP contribution in [0.2, 0.25) is 0 Å². The Morgan fingerprint density at radius 1 is 0.936 bits per heavy atom. The predicted octanol–water partition coefficient (Wildman–Crippen LogP) is 4.67. The van der Waals surface area contributed by atoms with Crippen LogP contribution in [-0.2, 0) is 24.2 Å². The minimum atomic E-state index is -4.10. The molecule has 2 aliphatic rings. The predicted molar refractivity (Wildman–Crippen MR) is 169 cm³/mol. The zero-order valence-corrected chi connectivity index (χ0v) is 25.9. The molecule has 0 bridgehead atoms. The summed E-state index contributed by atoms with van der Waals surface area (Å²) < 4.78 is 37.1. The number of ether oxygens (including phenoxy) is 2. The number of benzene rings is 3. The van der Waals surface area contributed by atoms with Crippen LogP contribution in [0, 0.1) is 10.1 Å². The highest BCUT2D eigenvalue weighted by Gasteiger charge is 2.70. The number of nitro groups is 1. The maximum atomic E-state index is 13.8. The molecule has 238 valence electrons. The molecular formula is C34H27N3O9S. The molecule has 0 saturated carbocycles. The number of nitro benzene ring substituents is 1. The lowest BCUT2D eigenvalue weighted by atomic mass is 9.94. The fourth-order valence-corrected chi connectivity index (χ4v) is 7.78. The fraction of sp³-hybridized carbons (Fsp3) is 0.176. The van der Waals surface area contributed by atoms with Gasteiger partial charge < -0.3 is 14.4 Å². The summed E-state index contributed by atoms with van der Waals surface area (Å²) in [5, 5.41) is 9.44. The first-order chi connectivity index (χ1) is 22.4. The average Bonchev–Trinajstić information content (AvgIpc) is 3.22. The van der Waals surface area contributed by atoms with Crippen LogP contribution in [-0.4, -0.2) is 57.2 Å². The van der Waals surface area contributed by atoms with Gasteiger partial charge in [-0.15, -0.1) is 0 Å². The largest absolute Gasteiger partial charge is 0.451 e. The molecule has 2 saturated heterocycles. The van der Waals surface area contributed by atoms with Crippen molar-refractivity contribution in [2.75, 3.05) is 0 Å². The van der Waals surface area contributed by atoms with Crippen LogP contribution < -0.4 is 4.74 Å². The van der Waals surface area contributed by atoms with Gasteiger partial charge in [0.25, 0.3) is 11.6 Å². The molecule has 47 heavy (non-hydrogen) atoms. The van der Waals surface area contributed by atoms with E-state index in [1.807, 2.05) is 12.1 Å². The number of fused-ring (bicyclic) bond motifs is 1. The van der Waals surface area contributed by atoms with Gasteiger partial charge in [0.05, 0.1) is 21.8 Å². The second-order valence-electron chi connectivity index (χ2n) is 11.5. The number of carbonyl (C=O) groups is 3. The lowest BCUT2D eigenvalue weighted by molar-refractivity contribution is -0.384. The van der Waals surface area contributed by atoms with Gasteiger partial charge in [-0.05, 0) is 55.3 Å². The summed E-state index contributed by atoms with van der Waals surface area (Å²) in [7, 11) is -4.10. The Morgan fingerprint density at radius 3 is 2.06 bits per heavy atom. The minimum absolute atomic E-state index is 0.0517. The number of hydrogen-bond donors (Lipinski definition) is 0. The standard InChI is InChI=1S/C34H27N3O9S/c1-34(2)29(33(40)46-28(21-9-5-3-6-10-21)22-11-7-4-8-12-22)36-30(38)27(31(36)47(34,43)44)19-24-14-13-23(20-35-24)32(39)45-26-17-15-25(16-18-26)37(41)42/h3-20,28-29,31H,1-2H3/t29-,31+/m0/s1. The molecule has 0 radical (unpaired) electrons. The smallest absolute Gasteiger partial charge is 0.345 e. The van der Waals surface area contributed by atoms with Crippen LogP contribution in [0.4, 0.5) is 5.69 Å². The third-order valence-corrected chi connectivity index (χ3v) is 11.0. The van der Waals surface area contributed by atoms with E-state index in [0.717, 1.165) is 4.90 Å². The lowest BCUT2D eigenvalue weighted by Crippen LogP contribution is -2.59. The van der Waals surface area contributed by atoms with Crippen LogP contribution in [0.5, 0.6) is 5.75 Å². The molecule has 3 aromatic carbocycles. The molecule has 1 aromatic heterocycles. The maximum absolute atomic E-state index is 13.8. The Bertz CT molecular complexity index is 1970. The molecule has 0 aliphatic carbocycles. The maximum Gasteiger partial charge on any atom is 0.345 e. The summed E-state index contributed by atoms with van der Waals surface area (Å²) in [6.07, 6.45) is 1.68. The van der Waals surface area contributed by atoms with Crippen molar-refractivity contribution in [3.63, 3.8) is 0 Å². The highest BCUT2D eigenvalue weighted by Crippen LogP contribution is 2.49. The number of aromatic nitrogens is 1. The Morgan fingerprint density at radius 2 is 1.53 bits per heavy atom. The van der Waals surface area contributed by atoms with Gasteiger partial charge in [-0.1, -0.05) is 60.7 Å². The molecule has 2 aliphatic heterocycles. The number of hydrogen-bond acceptors (Lipinski definition) is 10. The van der Waals surface area contributed by atoms with Crippen molar-refractivity contribution in [1.29, 1.82) is 0 Å². The van der Waals surface area contributed by atoms with Crippen molar-refractivity contribution in [2.45, 2.75) is 36.1 Å². The molecule has 4 aromatic rings. The third-order valence-electron chi connectivity index (χ3n) is 8.21. The van der Waals surface area contributed by atoms with Crippen LogP contribution in [0.3, 0.4) is 0 Å². The van der Waals surface area contributed by atoms with Gasteiger partial charge in [0.2, 0.25) is 0 Å². The molecule has 13 heteroatoms. The van der Waals surface area contributed by atoms with Gasteiger partial charge in [0.15, 0.2) is 27.4 Å². The number of rotatable bonds is 8. The Balaban J connectivity index is 1.22. The second-order valence-corrected chi connectivity index (χ2v) is 14.1. The molecule has 12 nitrogen and oxygen atoms in total. The van der Waals surface area contributed by atoms with Crippen LogP contribution in [0.1, 0.15) is 47.1 Å². The van der Waals surface area contributed by atoms with Gasteiger partial charge in [-0.25, -0.2) is 18.0 Å². The Labute approximate surface area is 269 Å². The minimum Gasteiger partial charge on any atom is -0.451 e. The first-order valence-corrected chi connectivity index (χ1v) is 16.0. The molecule has 2 atom stereocenters. The van der Waals surface area contributed by atoms with Gasteiger partial charge in [0.1, 0.15) is 10.5 Å². The summed E-state index contributed by atoms with van der Waals surface area (Å²) in [6, 6.07) is 24.4. The number of pyridine rings is 1. The van der Waals surface area contributed by atoms with Gasteiger partial charge in [-0.2, -0.15) is 0 Å². The van der Waals surface area contributed by atoms with Crippen molar-refractivity contribution in [1.82, 2.24) is 9.88 Å². The first-order valence-electron chi connectivity index (χ1n) is 14.4. The van der Waals surface area contributed by atoms with Crippen molar-refractivity contribution in [3.8, 4) is 5.75 Å². The summed E-state index contributed by atoms with van der Waals surface area (Å²) in [5.41, 5.74) is 1.40. The van der Waals surface area contributed by atoms with Crippen molar-refractivity contribution < 1.29 is 37.2 Å². The van der Waals surface area contributed by atoms with Gasteiger partial charge in [-0.3, -0.25) is 19.9 Å². The molecular weight excluding hydrogens is 626 g/mol. The highest BCUT2D eigenvalue weighted by molar-refractivity contribution is 7.94. The number of nitrogens with zero attached hydrogens (tertiary/aromatic N) is 3.